The van der Waals surface area contributed by atoms with Crippen LogP contribution in [0.4, 0.5) is 11.4 Å². The average Bonchev–Trinajstić information content (AvgIpc) is 3.02. The van der Waals surface area contributed by atoms with E-state index in [0.29, 0.717) is 28.4 Å². The number of hydrogen-bond acceptors (Lipinski definition) is 9. The van der Waals surface area contributed by atoms with Gasteiger partial charge in [-0.1, -0.05) is 48.5 Å². The zero-order chi connectivity index (χ0) is 32.3. The Morgan fingerprint density at radius 3 is 2.20 bits per heavy atom. The Morgan fingerprint density at radius 2 is 1.56 bits per heavy atom. The lowest BCUT2D eigenvalue weighted by Gasteiger charge is -2.30. The highest BCUT2D eigenvalue weighted by atomic mass is 16.6. The fourth-order valence-corrected chi connectivity index (χ4v) is 4.85. The Morgan fingerprint density at radius 1 is 0.889 bits per heavy atom. The molecule has 11 nitrogen and oxygen atoms in total. The minimum Gasteiger partial charge on any atom is -0.490 e. The highest BCUT2D eigenvalue weighted by molar-refractivity contribution is 6.00. The van der Waals surface area contributed by atoms with Crippen molar-refractivity contribution in [2.24, 2.45) is 0 Å². The van der Waals surface area contributed by atoms with Gasteiger partial charge in [-0.3, -0.25) is 14.9 Å². The molecule has 1 atom stereocenters. The van der Waals surface area contributed by atoms with Crippen molar-refractivity contribution in [3.05, 3.63) is 129 Å². The van der Waals surface area contributed by atoms with E-state index in [4.69, 9.17) is 14.2 Å². The van der Waals surface area contributed by atoms with E-state index in [1.54, 1.807) is 50.3 Å². The van der Waals surface area contributed by atoms with Crippen LogP contribution in [0.25, 0.3) is 6.08 Å². The van der Waals surface area contributed by atoms with Crippen molar-refractivity contribution in [2.45, 2.75) is 26.7 Å². The Bertz CT molecular complexity index is 1660. The summed E-state index contributed by atoms with van der Waals surface area (Å²) in [5.41, 5.74) is 2.86. The van der Waals surface area contributed by atoms with Gasteiger partial charge in [-0.05, 0) is 55.3 Å². The molecule has 11 heteroatoms. The number of rotatable bonds is 12. The normalized spacial score (nSPS) is 14.5. The van der Waals surface area contributed by atoms with Crippen LogP contribution in [0.15, 0.2) is 107 Å². The molecule has 0 aliphatic carbocycles. The molecule has 0 radical (unpaired) electrons. The van der Waals surface area contributed by atoms with Gasteiger partial charge in [0.1, 0.15) is 25.6 Å². The molecule has 0 fully saturated rings. The van der Waals surface area contributed by atoms with Gasteiger partial charge in [-0.25, -0.2) is 9.59 Å². The lowest BCUT2D eigenvalue weighted by atomic mass is 9.80. The molecule has 3 aromatic carbocycles. The molecule has 0 saturated heterocycles. The molecule has 1 unspecified atom stereocenters. The summed E-state index contributed by atoms with van der Waals surface area (Å²) in [5, 5.41) is 17.3. The lowest BCUT2D eigenvalue weighted by molar-refractivity contribution is -0.384. The molecule has 0 spiro atoms. The molecule has 2 N–H and O–H groups in total. The number of dihydropyridines is 1. The van der Waals surface area contributed by atoms with Crippen LogP contribution < -0.4 is 15.4 Å². The Balaban J connectivity index is 1.51. The van der Waals surface area contributed by atoms with Crippen molar-refractivity contribution in [3.8, 4) is 5.75 Å². The van der Waals surface area contributed by atoms with Gasteiger partial charge < -0.3 is 24.8 Å². The van der Waals surface area contributed by atoms with E-state index < -0.39 is 22.8 Å². The van der Waals surface area contributed by atoms with Crippen LogP contribution in [0, 0.1) is 10.1 Å². The molecule has 232 valence electrons. The van der Waals surface area contributed by atoms with Crippen molar-refractivity contribution < 1.29 is 33.5 Å². The van der Waals surface area contributed by atoms with E-state index in [2.05, 4.69) is 10.6 Å². The fourth-order valence-electron chi connectivity index (χ4n) is 4.85. The SMILES string of the molecule is CC(=O)Nc1ccc(OCCOC(=O)C2=C(C)NC(C)=C(C(=O)OCC=Cc3ccccc3)C2c2cccc([N+](=O)[O-])c2)cc1. The molecule has 1 heterocycles. The zero-order valence-electron chi connectivity index (χ0n) is 25.1. The van der Waals surface area contributed by atoms with Gasteiger partial charge in [-0.15, -0.1) is 0 Å². The number of esters is 2. The molecule has 1 aliphatic rings. The summed E-state index contributed by atoms with van der Waals surface area (Å²) in [4.78, 5) is 49.3. The number of carbonyl (C=O) groups is 3. The Kier molecular flexibility index (Phi) is 10.8. The quantitative estimate of drug-likeness (QED) is 0.115. The first-order chi connectivity index (χ1) is 21.6. The van der Waals surface area contributed by atoms with Crippen LogP contribution in [-0.2, 0) is 23.9 Å². The third kappa shape index (κ3) is 8.66. The first kappa shape index (κ1) is 32.2. The standard InChI is InChI=1S/C34H33N3O8/c1-22-30(33(39)44-18-8-11-25-9-5-4-6-10-25)32(26-12-7-13-28(21-26)37(41)42)31(23(2)35-22)34(40)45-20-19-43-29-16-14-27(15-17-29)36-24(3)38/h4-17,21,32,35H,18-20H2,1-3H3,(H,36,38). The van der Waals surface area contributed by atoms with Crippen LogP contribution in [0.5, 0.6) is 5.75 Å². The minimum atomic E-state index is -0.994. The third-order valence-electron chi connectivity index (χ3n) is 6.79. The van der Waals surface area contributed by atoms with E-state index in [9.17, 15) is 24.5 Å². The number of nitrogens with zero attached hydrogens (tertiary/aromatic N) is 1. The van der Waals surface area contributed by atoms with E-state index in [1.807, 2.05) is 36.4 Å². The highest BCUT2D eigenvalue weighted by Crippen LogP contribution is 2.40. The monoisotopic (exact) mass is 611 g/mol. The van der Waals surface area contributed by atoms with Crippen LogP contribution in [0.3, 0.4) is 0 Å². The van der Waals surface area contributed by atoms with Gasteiger partial charge in [0.15, 0.2) is 0 Å². The fraction of sp³-hybridized carbons (Fsp3) is 0.206. The zero-order valence-corrected chi connectivity index (χ0v) is 25.1. The molecule has 3 aromatic rings. The van der Waals surface area contributed by atoms with Crippen LogP contribution in [0.2, 0.25) is 0 Å². The van der Waals surface area contributed by atoms with E-state index in [-0.39, 0.29) is 42.6 Å². The number of nitrogens with one attached hydrogen (secondary N) is 2. The third-order valence-corrected chi connectivity index (χ3v) is 6.79. The number of nitro groups is 1. The second-order valence-corrected chi connectivity index (χ2v) is 10.1. The van der Waals surface area contributed by atoms with Crippen molar-refractivity contribution in [1.82, 2.24) is 5.32 Å². The maximum atomic E-state index is 13.5. The molecule has 45 heavy (non-hydrogen) atoms. The minimum absolute atomic E-state index is 0.0300. The molecule has 1 aliphatic heterocycles. The van der Waals surface area contributed by atoms with E-state index >= 15 is 0 Å². The Hall–Kier alpha value is -5.71. The van der Waals surface area contributed by atoms with Gasteiger partial charge in [0.05, 0.1) is 22.0 Å². The van der Waals surface area contributed by atoms with Crippen LogP contribution in [0.1, 0.15) is 37.8 Å². The number of allylic oxidation sites excluding steroid dienone is 2. The smallest absolute Gasteiger partial charge is 0.337 e. The number of amides is 1. The number of carbonyl (C=O) groups excluding carboxylic acids is 3. The highest BCUT2D eigenvalue weighted by Gasteiger charge is 2.38. The van der Waals surface area contributed by atoms with Crippen molar-refractivity contribution in [2.75, 3.05) is 25.1 Å². The molecule has 0 aromatic heterocycles. The summed E-state index contributed by atoms with van der Waals surface area (Å²) in [6, 6.07) is 22.0. The largest absolute Gasteiger partial charge is 0.490 e. The first-order valence-electron chi connectivity index (χ1n) is 14.1. The van der Waals surface area contributed by atoms with E-state index in [0.717, 1.165) is 5.56 Å². The van der Waals surface area contributed by atoms with Gasteiger partial charge in [0, 0.05) is 36.1 Å². The summed E-state index contributed by atoms with van der Waals surface area (Å²) in [7, 11) is 0. The molecular weight excluding hydrogens is 578 g/mol. The second-order valence-electron chi connectivity index (χ2n) is 10.1. The average molecular weight is 612 g/mol. The number of benzene rings is 3. The van der Waals surface area contributed by atoms with Gasteiger partial charge >= 0.3 is 11.9 Å². The molecule has 1 amide bonds. The predicted molar refractivity (Wildman–Crippen MR) is 168 cm³/mol. The van der Waals surface area contributed by atoms with Crippen molar-refractivity contribution >= 4 is 35.3 Å². The summed E-state index contributed by atoms with van der Waals surface area (Å²) >= 11 is 0. The molecule has 0 bridgehead atoms. The summed E-state index contributed by atoms with van der Waals surface area (Å²) in [6.45, 7) is 4.65. The number of ether oxygens (including phenoxy) is 3. The maximum absolute atomic E-state index is 13.5. The summed E-state index contributed by atoms with van der Waals surface area (Å²) in [6.07, 6.45) is 3.52. The number of nitro benzene ring substituents is 1. The van der Waals surface area contributed by atoms with Crippen molar-refractivity contribution in [3.63, 3.8) is 0 Å². The van der Waals surface area contributed by atoms with Gasteiger partial charge in [0.2, 0.25) is 5.91 Å². The topological polar surface area (TPSA) is 146 Å². The Labute approximate surface area is 260 Å². The summed E-state index contributed by atoms with van der Waals surface area (Å²) < 4.78 is 16.8. The molecular formula is C34H33N3O8. The maximum Gasteiger partial charge on any atom is 0.337 e. The van der Waals surface area contributed by atoms with Crippen molar-refractivity contribution in [1.29, 1.82) is 0 Å². The summed E-state index contributed by atoms with van der Waals surface area (Å²) in [5.74, 6) is -2.08. The van der Waals surface area contributed by atoms with E-state index in [1.165, 1.54) is 25.1 Å². The lowest BCUT2D eigenvalue weighted by Crippen LogP contribution is -2.33. The number of anilines is 1. The van der Waals surface area contributed by atoms with Crippen LogP contribution >= 0.6 is 0 Å². The van der Waals surface area contributed by atoms with Gasteiger partial charge in [0.25, 0.3) is 5.69 Å². The van der Waals surface area contributed by atoms with Gasteiger partial charge in [-0.2, -0.15) is 0 Å². The number of hydrogen-bond donors (Lipinski definition) is 2. The van der Waals surface area contributed by atoms with Crippen LogP contribution in [-0.4, -0.2) is 42.6 Å². The first-order valence-corrected chi connectivity index (χ1v) is 14.1. The number of non-ortho nitro benzene ring substituents is 1. The molecule has 0 saturated carbocycles. The second kappa shape index (κ2) is 15.1. The molecule has 4 rings (SSSR count). The predicted octanol–water partition coefficient (Wildman–Crippen LogP) is 5.67.